The molecule has 0 aliphatic carbocycles. The van der Waals surface area contributed by atoms with Crippen molar-refractivity contribution in [3.05, 3.63) is 53.3 Å². The maximum absolute atomic E-state index is 13.6. The maximum Gasteiger partial charge on any atom is 0.167 e. The highest BCUT2D eigenvalue weighted by Crippen LogP contribution is 2.31. The van der Waals surface area contributed by atoms with Gasteiger partial charge in [-0.1, -0.05) is 12.1 Å². The standard InChI is InChI=1S/C17H17FO4/c1-11(19)17-15(21-3)8-13(18)9-16(17)22-10-12-4-6-14(20-2)7-5-12/h4-9H,10H2,1-3H3. The van der Waals surface area contributed by atoms with Gasteiger partial charge in [-0.25, -0.2) is 4.39 Å². The minimum Gasteiger partial charge on any atom is -0.497 e. The van der Waals surface area contributed by atoms with Crippen molar-refractivity contribution in [1.29, 1.82) is 0 Å². The highest BCUT2D eigenvalue weighted by Gasteiger charge is 2.17. The minimum absolute atomic E-state index is 0.164. The molecule has 0 amide bonds. The lowest BCUT2D eigenvalue weighted by atomic mass is 10.1. The molecule has 5 heteroatoms. The summed E-state index contributed by atoms with van der Waals surface area (Å²) in [6.07, 6.45) is 0. The number of halogens is 1. The molecule has 0 saturated heterocycles. The number of hydrogen-bond acceptors (Lipinski definition) is 4. The molecule has 0 N–H and O–H groups in total. The average Bonchev–Trinajstić information content (AvgIpc) is 2.52. The number of rotatable bonds is 6. The molecule has 0 radical (unpaired) electrons. The Labute approximate surface area is 128 Å². The quantitative estimate of drug-likeness (QED) is 0.765. The van der Waals surface area contributed by atoms with Gasteiger partial charge < -0.3 is 14.2 Å². The van der Waals surface area contributed by atoms with Crippen molar-refractivity contribution in [3.8, 4) is 17.2 Å². The average molecular weight is 304 g/mol. The molecule has 0 aliphatic heterocycles. The molecule has 0 aliphatic rings. The second kappa shape index (κ2) is 6.93. The first-order valence-corrected chi connectivity index (χ1v) is 6.69. The lowest BCUT2D eigenvalue weighted by Gasteiger charge is -2.13. The van der Waals surface area contributed by atoms with Gasteiger partial charge in [0, 0.05) is 12.1 Å². The van der Waals surface area contributed by atoms with Gasteiger partial charge in [0.05, 0.1) is 14.2 Å². The van der Waals surface area contributed by atoms with Crippen LogP contribution in [0, 0.1) is 5.82 Å². The van der Waals surface area contributed by atoms with E-state index < -0.39 is 5.82 Å². The van der Waals surface area contributed by atoms with Gasteiger partial charge in [0.2, 0.25) is 0 Å². The highest BCUT2D eigenvalue weighted by molar-refractivity contribution is 5.99. The molecular formula is C17H17FO4. The molecule has 116 valence electrons. The maximum atomic E-state index is 13.6. The van der Waals surface area contributed by atoms with Crippen LogP contribution in [0.2, 0.25) is 0 Å². The molecule has 0 bridgehead atoms. The fourth-order valence-electron chi connectivity index (χ4n) is 2.06. The third-order valence-electron chi connectivity index (χ3n) is 3.16. The van der Waals surface area contributed by atoms with Crippen LogP contribution in [0.3, 0.4) is 0 Å². The van der Waals surface area contributed by atoms with Crippen LogP contribution in [0.25, 0.3) is 0 Å². The molecule has 0 saturated carbocycles. The zero-order valence-electron chi connectivity index (χ0n) is 12.7. The van der Waals surface area contributed by atoms with Crippen molar-refractivity contribution >= 4 is 5.78 Å². The van der Waals surface area contributed by atoms with E-state index in [1.54, 1.807) is 19.2 Å². The SMILES string of the molecule is COc1ccc(COc2cc(F)cc(OC)c2C(C)=O)cc1. The van der Waals surface area contributed by atoms with Crippen LogP contribution in [-0.2, 0) is 6.61 Å². The van der Waals surface area contributed by atoms with E-state index in [1.807, 2.05) is 12.1 Å². The molecule has 0 spiro atoms. The Kier molecular flexibility index (Phi) is 4.99. The minimum atomic E-state index is -0.522. The monoisotopic (exact) mass is 304 g/mol. The van der Waals surface area contributed by atoms with Crippen LogP contribution in [0.15, 0.2) is 36.4 Å². The second-order valence-electron chi connectivity index (χ2n) is 4.67. The summed E-state index contributed by atoms with van der Waals surface area (Å²) >= 11 is 0. The summed E-state index contributed by atoms with van der Waals surface area (Å²) in [5.74, 6) is 0.297. The Morgan fingerprint density at radius 2 is 1.68 bits per heavy atom. The predicted molar refractivity (Wildman–Crippen MR) is 80.3 cm³/mol. The van der Waals surface area contributed by atoms with Crippen LogP contribution in [0.1, 0.15) is 22.8 Å². The van der Waals surface area contributed by atoms with Crippen LogP contribution >= 0.6 is 0 Å². The third kappa shape index (κ3) is 3.55. The number of ether oxygens (including phenoxy) is 3. The van der Waals surface area contributed by atoms with E-state index in [0.29, 0.717) is 0 Å². The molecule has 0 atom stereocenters. The summed E-state index contributed by atoms with van der Waals surface area (Å²) in [4.78, 5) is 11.8. The Bertz CT molecular complexity index is 665. The lowest BCUT2D eigenvalue weighted by Crippen LogP contribution is -2.05. The van der Waals surface area contributed by atoms with Crippen molar-refractivity contribution in [1.82, 2.24) is 0 Å². The molecule has 0 heterocycles. The first-order chi connectivity index (χ1) is 10.5. The van der Waals surface area contributed by atoms with E-state index in [0.717, 1.165) is 17.4 Å². The molecule has 0 fully saturated rings. The zero-order valence-corrected chi connectivity index (χ0v) is 12.7. The normalized spacial score (nSPS) is 10.2. The van der Waals surface area contributed by atoms with Crippen LogP contribution < -0.4 is 14.2 Å². The first-order valence-electron chi connectivity index (χ1n) is 6.69. The fourth-order valence-corrected chi connectivity index (χ4v) is 2.06. The Morgan fingerprint density at radius 3 is 2.23 bits per heavy atom. The fraction of sp³-hybridized carbons (Fsp3) is 0.235. The second-order valence-corrected chi connectivity index (χ2v) is 4.67. The van der Waals surface area contributed by atoms with Crippen LogP contribution in [0.5, 0.6) is 17.2 Å². The molecule has 2 rings (SSSR count). The smallest absolute Gasteiger partial charge is 0.167 e. The Balaban J connectivity index is 2.24. The zero-order chi connectivity index (χ0) is 16.1. The summed E-state index contributed by atoms with van der Waals surface area (Å²) in [6.45, 7) is 1.59. The summed E-state index contributed by atoms with van der Waals surface area (Å²) in [7, 11) is 2.97. The molecular weight excluding hydrogens is 287 g/mol. The van der Waals surface area contributed by atoms with Gasteiger partial charge in [-0.15, -0.1) is 0 Å². The predicted octanol–water partition coefficient (Wildman–Crippen LogP) is 3.62. The van der Waals surface area contributed by atoms with E-state index in [1.165, 1.54) is 20.1 Å². The first kappa shape index (κ1) is 15.8. The third-order valence-corrected chi connectivity index (χ3v) is 3.16. The van der Waals surface area contributed by atoms with E-state index >= 15 is 0 Å². The molecule has 0 unspecified atom stereocenters. The van der Waals surface area contributed by atoms with Gasteiger partial charge in [0.15, 0.2) is 5.78 Å². The van der Waals surface area contributed by atoms with Gasteiger partial charge >= 0.3 is 0 Å². The molecule has 0 aromatic heterocycles. The molecule has 2 aromatic rings. The summed E-state index contributed by atoms with van der Waals surface area (Å²) < 4.78 is 29.3. The molecule has 2 aromatic carbocycles. The lowest BCUT2D eigenvalue weighted by molar-refractivity contribution is 0.101. The van der Waals surface area contributed by atoms with Crippen molar-refractivity contribution in [3.63, 3.8) is 0 Å². The summed E-state index contributed by atoms with van der Waals surface area (Å²) in [5, 5.41) is 0. The van der Waals surface area contributed by atoms with Gasteiger partial charge in [-0.05, 0) is 24.6 Å². The van der Waals surface area contributed by atoms with Crippen molar-refractivity contribution in [2.75, 3.05) is 14.2 Å². The van der Waals surface area contributed by atoms with Crippen LogP contribution in [-0.4, -0.2) is 20.0 Å². The number of benzene rings is 2. The number of methoxy groups -OCH3 is 2. The number of ketones is 1. The van der Waals surface area contributed by atoms with Crippen molar-refractivity contribution in [2.24, 2.45) is 0 Å². The van der Waals surface area contributed by atoms with Crippen molar-refractivity contribution in [2.45, 2.75) is 13.5 Å². The molecule has 4 nitrogen and oxygen atoms in total. The van der Waals surface area contributed by atoms with Crippen molar-refractivity contribution < 1.29 is 23.4 Å². The summed E-state index contributed by atoms with van der Waals surface area (Å²) in [5.41, 5.74) is 1.11. The molecule has 22 heavy (non-hydrogen) atoms. The highest BCUT2D eigenvalue weighted by atomic mass is 19.1. The number of Topliss-reactive ketones (excluding diaryl/α,β-unsaturated/α-hetero) is 1. The number of carbonyl (C=O) groups is 1. The Hall–Kier alpha value is -2.56. The number of carbonyl (C=O) groups excluding carboxylic acids is 1. The van der Waals surface area contributed by atoms with E-state index in [-0.39, 0.29) is 29.5 Å². The largest absolute Gasteiger partial charge is 0.497 e. The summed E-state index contributed by atoms with van der Waals surface area (Å²) in [6, 6.07) is 9.62. The van der Waals surface area contributed by atoms with Gasteiger partial charge in [0.1, 0.15) is 35.2 Å². The topological polar surface area (TPSA) is 44.8 Å². The van der Waals surface area contributed by atoms with E-state index in [4.69, 9.17) is 14.2 Å². The number of hydrogen-bond donors (Lipinski definition) is 0. The van der Waals surface area contributed by atoms with E-state index in [9.17, 15) is 9.18 Å². The Morgan fingerprint density at radius 1 is 1.05 bits per heavy atom. The van der Waals surface area contributed by atoms with Crippen LogP contribution in [0.4, 0.5) is 4.39 Å². The van der Waals surface area contributed by atoms with Gasteiger partial charge in [-0.2, -0.15) is 0 Å². The van der Waals surface area contributed by atoms with Gasteiger partial charge in [-0.3, -0.25) is 4.79 Å². The van der Waals surface area contributed by atoms with Gasteiger partial charge in [0.25, 0.3) is 0 Å². The van der Waals surface area contributed by atoms with E-state index in [2.05, 4.69) is 0 Å².